The monoisotopic (exact) mass is 228 g/mol. The van der Waals surface area contributed by atoms with Crippen molar-refractivity contribution in [3.05, 3.63) is 54.4 Å². The van der Waals surface area contributed by atoms with Gasteiger partial charge in [0, 0.05) is 11.8 Å². The fraction of sp³-hybridized carbons (Fsp3) is 0.0769. The summed E-state index contributed by atoms with van der Waals surface area (Å²) in [5, 5.41) is 12.7. The molecule has 2 rings (SSSR count). The average molecular weight is 228 g/mol. The van der Waals surface area contributed by atoms with Crippen LogP contribution >= 0.6 is 0 Å². The van der Waals surface area contributed by atoms with Crippen LogP contribution in [0.15, 0.2) is 48.8 Å². The van der Waals surface area contributed by atoms with E-state index in [0.717, 1.165) is 11.3 Å². The molecule has 1 aromatic carbocycles. The number of nitrogens with zero attached hydrogens (tertiary/aromatic N) is 2. The first-order chi connectivity index (χ1) is 8.25. The van der Waals surface area contributed by atoms with Gasteiger partial charge in [-0.1, -0.05) is 30.4 Å². The summed E-state index contributed by atoms with van der Waals surface area (Å²) >= 11 is 0. The molecule has 0 saturated heterocycles. The van der Waals surface area contributed by atoms with Gasteiger partial charge in [-0.05, 0) is 12.1 Å². The number of benzene rings is 1. The van der Waals surface area contributed by atoms with Crippen LogP contribution in [0.4, 0.5) is 0 Å². The second-order valence-electron chi connectivity index (χ2n) is 3.55. The Morgan fingerprint density at radius 2 is 2.12 bits per heavy atom. The first-order valence-corrected chi connectivity index (χ1v) is 5.24. The average Bonchev–Trinajstić information content (AvgIpc) is 2.78. The molecule has 1 heterocycles. The third-order valence-electron chi connectivity index (χ3n) is 2.23. The number of aliphatic carboxylic acids is 1. The number of para-hydroxylation sites is 1. The molecule has 0 fully saturated rings. The highest BCUT2D eigenvalue weighted by Gasteiger charge is 1.97. The summed E-state index contributed by atoms with van der Waals surface area (Å²) in [6, 6.07) is 9.74. The van der Waals surface area contributed by atoms with E-state index in [1.54, 1.807) is 23.0 Å². The maximum absolute atomic E-state index is 10.3. The van der Waals surface area contributed by atoms with Crippen molar-refractivity contribution in [2.45, 2.75) is 6.42 Å². The molecule has 0 unspecified atom stereocenters. The van der Waals surface area contributed by atoms with E-state index in [4.69, 9.17) is 5.11 Å². The van der Waals surface area contributed by atoms with Crippen LogP contribution in [0.3, 0.4) is 0 Å². The van der Waals surface area contributed by atoms with E-state index >= 15 is 0 Å². The Hall–Kier alpha value is -2.36. The van der Waals surface area contributed by atoms with Crippen molar-refractivity contribution in [2.24, 2.45) is 0 Å². The first-order valence-electron chi connectivity index (χ1n) is 5.24. The summed E-state index contributed by atoms with van der Waals surface area (Å²) in [4.78, 5) is 10.3. The smallest absolute Gasteiger partial charge is 0.307 e. The van der Waals surface area contributed by atoms with Crippen molar-refractivity contribution >= 4 is 12.0 Å². The molecule has 86 valence electrons. The van der Waals surface area contributed by atoms with Gasteiger partial charge in [0.05, 0.1) is 18.3 Å². The molecule has 4 nitrogen and oxygen atoms in total. The Labute approximate surface area is 98.8 Å². The van der Waals surface area contributed by atoms with E-state index in [1.807, 2.05) is 36.5 Å². The topological polar surface area (TPSA) is 55.1 Å². The molecule has 4 heteroatoms. The number of hydrogen-bond acceptors (Lipinski definition) is 2. The number of hydrogen-bond donors (Lipinski definition) is 1. The molecule has 0 spiro atoms. The lowest BCUT2D eigenvalue weighted by molar-refractivity contribution is -0.135. The van der Waals surface area contributed by atoms with E-state index in [-0.39, 0.29) is 6.42 Å². The molecule has 1 N–H and O–H groups in total. The summed E-state index contributed by atoms with van der Waals surface area (Å²) in [6.45, 7) is 0. The lowest BCUT2D eigenvalue weighted by Gasteiger charge is -1.98. The Balaban J connectivity index is 2.11. The Bertz CT molecular complexity index is 529. The highest BCUT2D eigenvalue weighted by molar-refractivity contribution is 5.70. The van der Waals surface area contributed by atoms with Crippen molar-refractivity contribution in [3.63, 3.8) is 0 Å². The van der Waals surface area contributed by atoms with Crippen LogP contribution in [-0.2, 0) is 4.79 Å². The minimum atomic E-state index is -0.836. The molecule has 0 bridgehead atoms. The van der Waals surface area contributed by atoms with Crippen LogP contribution < -0.4 is 0 Å². The van der Waals surface area contributed by atoms with Crippen LogP contribution in [0, 0.1) is 0 Å². The van der Waals surface area contributed by atoms with Gasteiger partial charge in [0.15, 0.2) is 0 Å². The SMILES string of the molecule is O=C(O)CC=Cc1cnn(-c2ccccc2)c1. The Kier molecular flexibility index (Phi) is 3.35. The highest BCUT2D eigenvalue weighted by Crippen LogP contribution is 2.08. The maximum Gasteiger partial charge on any atom is 0.307 e. The number of carboxylic acid groups (broad SMARTS) is 1. The fourth-order valence-electron chi connectivity index (χ4n) is 1.44. The van der Waals surface area contributed by atoms with Gasteiger partial charge < -0.3 is 5.11 Å². The van der Waals surface area contributed by atoms with E-state index in [2.05, 4.69) is 5.10 Å². The molecule has 0 amide bonds. The molecule has 1 aromatic heterocycles. The van der Waals surface area contributed by atoms with Crippen molar-refractivity contribution in [2.75, 3.05) is 0 Å². The molecule has 0 aliphatic carbocycles. The van der Waals surface area contributed by atoms with Crippen LogP contribution in [-0.4, -0.2) is 20.9 Å². The van der Waals surface area contributed by atoms with Crippen LogP contribution in [0.5, 0.6) is 0 Å². The zero-order chi connectivity index (χ0) is 12.1. The van der Waals surface area contributed by atoms with Gasteiger partial charge in [-0.25, -0.2) is 4.68 Å². The quantitative estimate of drug-likeness (QED) is 0.873. The number of aromatic nitrogens is 2. The molecule has 0 aliphatic rings. The number of carboxylic acids is 1. The minimum Gasteiger partial charge on any atom is -0.481 e. The molecular weight excluding hydrogens is 216 g/mol. The van der Waals surface area contributed by atoms with Crippen LogP contribution in [0.1, 0.15) is 12.0 Å². The molecule has 17 heavy (non-hydrogen) atoms. The predicted octanol–water partition coefficient (Wildman–Crippen LogP) is 2.36. The van der Waals surface area contributed by atoms with Crippen molar-refractivity contribution in [3.8, 4) is 5.69 Å². The van der Waals surface area contributed by atoms with Gasteiger partial charge >= 0.3 is 5.97 Å². The van der Waals surface area contributed by atoms with E-state index in [9.17, 15) is 4.79 Å². The predicted molar refractivity (Wildman–Crippen MR) is 64.9 cm³/mol. The zero-order valence-electron chi connectivity index (χ0n) is 9.15. The van der Waals surface area contributed by atoms with Crippen LogP contribution in [0.25, 0.3) is 11.8 Å². The zero-order valence-corrected chi connectivity index (χ0v) is 9.15. The van der Waals surface area contributed by atoms with Gasteiger partial charge in [0.25, 0.3) is 0 Å². The summed E-state index contributed by atoms with van der Waals surface area (Å²) in [5.41, 5.74) is 1.86. The molecule has 0 saturated carbocycles. The molecular formula is C13H12N2O2. The normalized spacial score (nSPS) is 10.8. The van der Waals surface area contributed by atoms with Gasteiger partial charge in [0.2, 0.25) is 0 Å². The van der Waals surface area contributed by atoms with Crippen molar-refractivity contribution < 1.29 is 9.90 Å². The van der Waals surface area contributed by atoms with Crippen molar-refractivity contribution in [1.82, 2.24) is 9.78 Å². The van der Waals surface area contributed by atoms with Crippen LogP contribution in [0.2, 0.25) is 0 Å². The van der Waals surface area contributed by atoms with Gasteiger partial charge in [-0.15, -0.1) is 0 Å². The second kappa shape index (κ2) is 5.12. The van der Waals surface area contributed by atoms with Gasteiger partial charge in [-0.2, -0.15) is 5.10 Å². The van der Waals surface area contributed by atoms with Crippen molar-refractivity contribution in [1.29, 1.82) is 0 Å². The van der Waals surface area contributed by atoms with Gasteiger partial charge in [-0.3, -0.25) is 4.79 Å². The third kappa shape index (κ3) is 3.04. The molecule has 0 radical (unpaired) electrons. The lowest BCUT2D eigenvalue weighted by Crippen LogP contribution is -1.92. The van der Waals surface area contributed by atoms with E-state index in [0.29, 0.717) is 0 Å². The number of rotatable bonds is 4. The number of carbonyl (C=O) groups is 1. The minimum absolute atomic E-state index is 0.0243. The second-order valence-corrected chi connectivity index (χ2v) is 3.55. The summed E-state index contributed by atoms with van der Waals surface area (Å²) in [5.74, 6) is -0.836. The van der Waals surface area contributed by atoms with Gasteiger partial charge in [0.1, 0.15) is 0 Å². The standard InChI is InChI=1S/C13H12N2O2/c16-13(17)8-4-5-11-9-14-15(10-11)12-6-2-1-3-7-12/h1-7,9-10H,8H2,(H,16,17). The Morgan fingerprint density at radius 1 is 1.35 bits per heavy atom. The first kappa shape index (κ1) is 11.1. The van der Waals surface area contributed by atoms with E-state index in [1.165, 1.54) is 0 Å². The summed E-state index contributed by atoms with van der Waals surface area (Å²) in [7, 11) is 0. The third-order valence-corrected chi connectivity index (χ3v) is 2.23. The Morgan fingerprint density at radius 3 is 2.82 bits per heavy atom. The molecule has 2 aromatic rings. The summed E-state index contributed by atoms with van der Waals surface area (Å²) in [6.07, 6.45) is 6.94. The highest BCUT2D eigenvalue weighted by atomic mass is 16.4. The largest absolute Gasteiger partial charge is 0.481 e. The summed E-state index contributed by atoms with van der Waals surface area (Å²) < 4.78 is 1.75. The maximum atomic E-state index is 10.3. The lowest BCUT2D eigenvalue weighted by atomic mass is 10.3. The molecule has 0 atom stereocenters. The molecule has 0 aliphatic heterocycles. The van der Waals surface area contributed by atoms with E-state index < -0.39 is 5.97 Å². The fourth-order valence-corrected chi connectivity index (χ4v) is 1.44.